The van der Waals surface area contributed by atoms with Crippen LogP contribution in [0.15, 0.2) is 48.5 Å². The van der Waals surface area contributed by atoms with Gasteiger partial charge in [-0.1, -0.05) is 30.3 Å². The maximum Gasteiger partial charge on any atom is 0.255 e. The van der Waals surface area contributed by atoms with Crippen molar-refractivity contribution >= 4 is 34.0 Å². The van der Waals surface area contributed by atoms with Crippen LogP contribution in [0.5, 0.6) is 5.75 Å². The molecule has 1 aliphatic rings. The highest BCUT2D eigenvalue weighted by atomic mass is 35.5. The first-order valence-electron chi connectivity index (χ1n) is 9.57. The summed E-state index contributed by atoms with van der Waals surface area (Å²) in [6.45, 7) is 2.77. The van der Waals surface area contributed by atoms with Gasteiger partial charge in [0.15, 0.2) is 0 Å². The summed E-state index contributed by atoms with van der Waals surface area (Å²) in [6, 6.07) is 15.1. The number of rotatable bonds is 7. The fourth-order valence-electron chi connectivity index (χ4n) is 3.50. The zero-order valence-corrected chi connectivity index (χ0v) is 18.8. The fourth-order valence-corrected chi connectivity index (χ4v) is 4.05. The summed E-state index contributed by atoms with van der Waals surface area (Å²) < 4.78 is 30.5. The lowest BCUT2D eigenvalue weighted by Gasteiger charge is -2.32. The molecule has 1 aliphatic heterocycles. The Balaban J connectivity index is 0.00000320. The Morgan fingerprint density at radius 2 is 1.80 bits per heavy atom. The lowest BCUT2D eigenvalue weighted by molar-refractivity contribution is 0.0906. The number of piperidine rings is 1. The van der Waals surface area contributed by atoms with Crippen LogP contribution in [0.4, 0.5) is 5.69 Å². The fraction of sp³-hybridized carbons (Fsp3) is 0.381. The molecule has 1 amide bonds. The number of benzene rings is 2. The predicted octanol–water partition coefficient (Wildman–Crippen LogP) is 2.88. The van der Waals surface area contributed by atoms with E-state index in [1.54, 1.807) is 12.1 Å². The molecule has 2 aromatic rings. The van der Waals surface area contributed by atoms with Crippen LogP contribution in [-0.4, -0.2) is 51.7 Å². The van der Waals surface area contributed by atoms with Crippen molar-refractivity contribution in [2.24, 2.45) is 0 Å². The number of hydrogen-bond acceptors (Lipinski definition) is 5. The Hall–Kier alpha value is -2.29. The number of halogens is 1. The molecule has 1 fully saturated rings. The summed E-state index contributed by atoms with van der Waals surface area (Å²) in [7, 11) is -1.94. The molecule has 2 aromatic carbocycles. The number of carbonyl (C=O) groups is 1. The summed E-state index contributed by atoms with van der Waals surface area (Å²) in [5.41, 5.74) is 2.04. The van der Waals surface area contributed by atoms with Gasteiger partial charge in [0.2, 0.25) is 10.0 Å². The Labute approximate surface area is 184 Å². The number of sulfonamides is 1. The molecule has 7 nitrogen and oxygen atoms in total. The predicted molar refractivity (Wildman–Crippen MR) is 121 cm³/mol. The van der Waals surface area contributed by atoms with Crippen LogP contribution in [-0.2, 0) is 16.6 Å². The smallest absolute Gasteiger partial charge is 0.255 e. The van der Waals surface area contributed by atoms with Gasteiger partial charge in [0.1, 0.15) is 5.75 Å². The van der Waals surface area contributed by atoms with Gasteiger partial charge in [-0.15, -0.1) is 12.4 Å². The molecule has 3 rings (SSSR count). The second-order valence-electron chi connectivity index (χ2n) is 7.30. The molecule has 0 bridgehead atoms. The van der Waals surface area contributed by atoms with Crippen molar-refractivity contribution in [1.82, 2.24) is 10.2 Å². The van der Waals surface area contributed by atoms with Gasteiger partial charge in [0, 0.05) is 31.7 Å². The molecule has 0 unspecified atom stereocenters. The Kier molecular flexibility index (Phi) is 8.52. The molecule has 164 valence electrons. The lowest BCUT2D eigenvalue weighted by Crippen LogP contribution is -2.44. The van der Waals surface area contributed by atoms with Gasteiger partial charge in [-0.3, -0.25) is 14.4 Å². The van der Waals surface area contributed by atoms with E-state index >= 15 is 0 Å². The van der Waals surface area contributed by atoms with Crippen molar-refractivity contribution in [2.75, 3.05) is 31.2 Å². The highest BCUT2D eigenvalue weighted by molar-refractivity contribution is 7.92. The minimum Gasteiger partial charge on any atom is -0.496 e. The average molecular weight is 454 g/mol. The Bertz CT molecular complexity index is 946. The van der Waals surface area contributed by atoms with Crippen LogP contribution in [0.1, 0.15) is 28.8 Å². The number of amides is 1. The third-order valence-electron chi connectivity index (χ3n) is 4.92. The molecule has 0 aromatic heterocycles. The van der Waals surface area contributed by atoms with Crippen LogP contribution >= 0.6 is 12.4 Å². The maximum atomic E-state index is 12.7. The summed E-state index contributed by atoms with van der Waals surface area (Å²) in [5.74, 6) is 0.118. The quantitative estimate of drug-likeness (QED) is 0.673. The standard InChI is InChI=1S/C21H27N3O4S.ClH/c1-28-20-14-18(23-29(2,26)27)8-9-19(20)21(25)22-17-10-12-24(13-11-17)15-16-6-4-3-5-7-16;/h3-9,14,17,23H,10-13,15H2,1-2H3,(H,22,25);1H. The first-order chi connectivity index (χ1) is 13.8. The molecule has 0 radical (unpaired) electrons. The molecule has 9 heteroatoms. The molecule has 0 spiro atoms. The van der Waals surface area contributed by atoms with Crippen molar-refractivity contribution < 1.29 is 17.9 Å². The SMILES string of the molecule is COc1cc(NS(C)(=O)=O)ccc1C(=O)NC1CCN(Cc2ccccc2)CC1.Cl. The van der Waals surface area contributed by atoms with Crippen LogP contribution in [0.25, 0.3) is 0 Å². The van der Waals surface area contributed by atoms with Crippen LogP contribution in [0.3, 0.4) is 0 Å². The van der Waals surface area contributed by atoms with Gasteiger partial charge in [0.05, 0.1) is 24.6 Å². The number of ether oxygens (including phenoxy) is 1. The maximum absolute atomic E-state index is 12.7. The normalized spacial score (nSPS) is 15.1. The third kappa shape index (κ3) is 6.90. The van der Waals surface area contributed by atoms with Crippen molar-refractivity contribution in [1.29, 1.82) is 0 Å². The van der Waals surface area contributed by atoms with Crippen LogP contribution in [0.2, 0.25) is 0 Å². The van der Waals surface area contributed by atoms with Gasteiger partial charge in [-0.05, 0) is 30.5 Å². The zero-order chi connectivity index (χ0) is 20.9. The third-order valence-corrected chi connectivity index (χ3v) is 5.53. The van der Waals surface area contributed by atoms with E-state index in [-0.39, 0.29) is 24.4 Å². The lowest BCUT2D eigenvalue weighted by atomic mass is 10.0. The summed E-state index contributed by atoms with van der Waals surface area (Å²) >= 11 is 0. The number of carbonyl (C=O) groups excluding carboxylic acids is 1. The van der Waals surface area contributed by atoms with Gasteiger partial charge in [-0.2, -0.15) is 0 Å². The minimum absolute atomic E-state index is 0. The minimum atomic E-state index is -3.40. The molecule has 0 saturated carbocycles. The number of anilines is 1. The Morgan fingerprint density at radius 3 is 2.40 bits per heavy atom. The topological polar surface area (TPSA) is 87.7 Å². The van der Waals surface area contributed by atoms with E-state index in [1.807, 2.05) is 18.2 Å². The second-order valence-corrected chi connectivity index (χ2v) is 9.05. The zero-order valence-electron chi connectivity index (χ0n) is 17.1. The second kappa shape index (κ2) is 10.7. The highest BCUT2D eigenvalue weighted by Crippen LogP contribution is 2.24. The van der Waals surface area contributed by atoms with Crippen LogP contribution < -0.4 is 14.8 Å². The highest BCUT2D eigenvalue weighted by Gasteiger charge is 2.22. The first kappa shape index (κ1) is 24.0. The van der Waals surface area contributed by atoms with E-state index in [4.69, 9.17) is 4.74 Å². The molecular weight excluding hydrogens is 426 g/mol. The van der Waals surface area contributed by atoms with E-state index in [0.29, 0.717) is 17.0 Å². The summed E-state index contributed by atoms with van der Waals surface area (Å²) in [5, 5.41) is 3.08. The monoisotopic (exact) mass is 453 g/mol. The van der Waals surface area contributed by atoms with E-state index in [0.717, 1.165) is 38.7 Å². The van der Waals surface area contributed by atoms with E-state index in [9.17, 15) is 13.2 Å². The first-order valence-corrected chi connectivity index (χ1v) is 11.5. The van der Waals surface area contributed by atoms with Crippen molar-refractivity contribution in [3.8, 4) is 5.75 Å². The van der Waals surface area contributed by atoms with E-state index in [1.165, 1.54) is 18.7 Å². The number of likely N-dealkylation sites (tertiary alicyclic amines) is 1. The summed E-state index contributed by atoms with van der Waals surface area (Å²) in [4.78, 5) is 15.1. The van der Waals surface area contributed by atoms with Crippen molar-refractivity contribution in [3.63, 3.8) is 0 Å². The Morgan fingerprint density at radius 1 is 1.13 bits per heavy atom. The number of nitrogens with one attached hydrogen (secondary N) is 2. The van der Waals surface area contributed by atoms with Crippen molar-refractivity contribution in [2.45, 2.75) is 25.4 Å². The van der Waals surface area contributed by atoms with Gasteiger partial charge >= 0.3 is 0 Å². The molecule has 2 N–H and O–H groups in total. The van der Waals surface area contributed by atoms with E-state index in [2.05, 4.69) is 27.1 Å². The molecule has 1 heterocycles. The van der Waals surface area contributed by atoms with Gasteiger partial charge < -0.3 is 10.1 Å². The molecular formula is C21H28ClN3O4S. The molecule has 1 saturated heterocycles. The molecule has 30 heavy (non-hydrogen) atoms. The number of hydrogen-bond donors (Lipinski definition) is 2. The van der Waals surface area contributed by atoms with Crippen LogP contribution in [0, 0.1) is 0 Å². The van der Waals surface area contributed by atoms with Crippen molar-refractivity contribution in [3.05, 3.63) is 59.7 Å². The van der Waals surface area contributed by atoms with Gasteiger partial charge in [0.25, 0.3) is 5.91 Å². The molecule has 0 aliphatic carbocycles. The summed E-state index contributed by atoms with van der Waals surface area (Å²) in [6.07, 6.45) is 2.84. The van der Waals surface area contributed by atoms with E-state index < -0.39 is 10.0 Å². The number of nitrogens with zero attached hydrogens (tertiary/aromatic N) is 1. The largest absolute Gasteiger partial charge is 0.496 e. The average Bonchev–Trinajstić information content (AvgIpc) is 2.69. The number of methoxy groups -OCH3 is 1. The molecule has 0 atom stereocenters. The van der Waals surface area contributed by atoms with Gasteiger partial charge in [-0.25, -0.2) is 8.42 Å².